The van der Waals surface area contributed by atoms with Crippen molar-refractivity contribution in [2.45, 2.75) is 19.8 Å². The van der Waals surface area contributed by atoms with Gasteiger partial charge in [-0.25, -0.2) is 0 Å². The number of carbonyl (C=O) groups excluding carboxylic acids is 1. The van der Waals surface area contributed by atoms with Gasteiger partial charge in [-0.2, -0.15) is 0 Å². The van der Waals surface area contributed by atoms with Crippen molar-refractivity contribution in [2.24, 2.45) is 11.7 Å². The lowest BCUT2D eigenvalue weighted by Crippen LogP contribution is -2.14. The molecule has 9 heavy (non-hydrogen) atoms. The summed E-state index contributed by atoms with van der Waals surface area (Å²) in [4.78, 5) is 10.2. The Morgan fingerprint density at radius 1 is 1.89 bits per heavy atom. The van der Waals surface area contributed by atoms with E-state index in [1.807, 2.05) is 6.92 Å². The van der Waals surface area contributed by atoms with Crippen LogP contribution >= 0.6 is 0 Å². The molecule has 0 unspecified atom stereocenters. The number of hydrogen-bond acceptors (Lipinski definition) is 2. The second kappa shape index (κ2) is 4.06. The molecule has 0 aromatic heterocycles. The Labute approximate surface area is 54.8 Å². The highest BCUT2D eigenvalue weighted by atomic mass is 16.1. The van der Waals surface area contributed by atoms with E-state index in [0.29, 0.717) is 12.8 Å². The van der Waals surface area contributed by atoms with Crippen LogP contribution in [0.1, 0.15) is 19.8 Å². The van der Waals surface area contributed by atoms with Gasteiger partial charge in [0.2, 0.25) is 5.91 Å². The molecular formula is C6H12N2O. The van der Waals surface area contributed by atoms with Gasteiger partial charge >= 0.3 is 0 Å². The quantitative estimate of drug-likeness (QED) is 0.533. The van der Waals surface area contributed by atoms with Gasteiger partial charge in [-0.15, -0.1) is 0 Å². The van der Waals surface area contributed by atoms with Crippen molar-refractivity contribution in [3.05, 3.63) is 0 Å². The van der Waals surface area contributed by atoms with Crippen LogP contribution in [0, 0.1) is 11.3 Å². The third kappa shape index (κ3) is 5.00. The Balaban J connectivity index is 3.37. The van der Waals surface area contributed by atoms with Gasteiger partial charge in [-0.3, -0.25) is 4.79 Å². The van der Waals surface area contributed by atoms with Crippen LogP contribution in [-0.4, -0.2) is 12.1 Å². The molecule has 0 aliphatic rings. The molecule has 0 spiro atoms. The lowest BCUT2D eigenvalue weighted by molar-refractivity contribution is -0.118. The van der Waals surface area contributed by atoms with Crippen LogP contribution in [0.15, 0.2) is 0 Å². The highest BCUT2D eigenvalue weighted by Crippen LogP contribution is 2.02. The van der Waals surface area contributed by atoms with Crippen molar-refractivity contribution in [1.29, 1.82) is 5.41 Å². The Kier molecular flexibility index (Phi) is 3.67. The van der Waals surface area contributed by atoms with E-state index in [2.05, 4.69) is 0 Å². The van der Waals surface area contributed by atoms with Crippen molar-refractivity contribution in [3.8, 4) is 0 Å². The lowest BCUT2D eigenvalue weighted by Gasteiger charge is -2.02. The minimum absolute atomic E-state index is 0.222. The average Bonchev–Trinajstić information content (AvgIpc) is 1.63. The van der Waals surface area contributed by atoms with Gasteiger partial charge < -0.3 is 11.1 Å². The Hall–Kier alpha value is -0.860. The van der Waals surface area contributed by atoms with Crippen LogP contribution in [0.2, 0.25) is 0 Å². The molecule has 3 N–H and O–H groups in total. The first kappa shape index (κ1) is 8.14. The van der Waals surface area contributed by atoms with Crippen LogP contribution in [0.3, 0.4) is 0 Å². The highest BCUT2D eigenvalue weighted by molar-refractivity contribution is 5.74. The maximum atomic E-state index is 10.2. The average molecular weight is 128 g/mol. The monoisotopic (exact) mass is 128 g/mol. The van der Waals surface area contributed by atoms with Gasteiger partial charge in [-0.1, -0.05) is 6.92 Å². The van der Waals surface area contributed by atoms with E-state index in [1.165, 1.54) is 6.21 Å². The molecule has 0 saturated carbocycles. The molecule has 0 heterocycles. The first-order chi connectivity index (χ1) is 4.16. The van der Waals surface area contributed by atoms with Gasteiger partial charge in [0, 0.05) is 6.42 Å². The maximum absolute atomic E-state index is 10.2. The molecule has 0 aliphatic carbocycles. The minimum atomic E-state index is -0.288. The number of hydrogen-bond donors (Lipinski definition) is 2. The van der Waals surface area contributed by atoms with Crippen molar-refractivity contribution >= 4 is 12.1 Å². The summed E-state index contributed by atoms with van der Waals surface area (Å²) in [6, 6.07) is 0. The number of rotatable bonds is 4. The zero-order valence-electron chi connectivity index (χ0n) is 5.55. The molecule has 3 nitrogen and oxygen atoms in total. The van der Waals surface area contributed by atoms with Gasteiger partial charge in [-0.05, 0) is 18.6 Å². The molecule has 0 saturated heterocycles. The maximum Gasteiger partial charge on any atom is 0.217 e. The molecule has 3 heteroatoms. The zero-order chi connectivity index (χ0) is 7.28. The van der Waals surface area contributed by atoms with Crippen LogP contribution in [-0.2, 0) is 4.79 Å². The molecule has 0 aliphatic heterocycles. The second-order valence-corrected chi connectivity index (χ2v) is 2.22. The number of carbonyl (C=O) groups is 1. The van der Waals surface area contributed by atoms with Crippen LogP contribution in [0.25, 0.3) is 0 Å². The Bertz CT molecular complexity index is 112. The van der Waals surface area contributed by atoms with E-state index in [9.17, 15) is 4.79 Å². The van der Waals surface area contributed by atoms with Crippen molar-refractivity contribution in [2.75, 3.05) is 0 Å². The van der Waals surface area contributed by atoms with Crippen molar-refractivity contribution in [1.82, 2.24) is 0 Å². The predicted octanol–water partition coefficient (Wildman–Crippen LogP) is 0.538. The molecule has 0 bridgehead atoms. The summed E-state index contributed by atoms with van der Waals surface area (Å²) in [5, 5.41) is 6.70. The Morgan fingerprint density at radius 2 is 2.44 bits per heavy atom. The summed E-state index contributed by atoms with van der Waals surface area (Å²) in [5.74, 6) is -0.0654. The highest BCUT2D eigenvalue weighted by Gasteiger charge is 2.02. The minimum Gasteiger partial charge on any atom is -0.370 e. The van der Waals surface area contributed by atoms with Crippen LogP contribution in [0.4, 0.5) is 0 Å². The molecule has 0 rings (SSSR count). The second-order valence-electron chi connectivity index (χ2n) is 2.22. The molecule has 0 aromatic rings. The SMILES string of the molecule is C[C@H](CC=N)CC(N)=O. The van der Waals surface area contributed by atoms with E-state index in [1.54, 1.807) is 0 Å². The molecule has 1 atom stereocenters. The summed E-state index contributed by atoms with van der Waals surface area (Å²) in [7, 11) is 0. The number of amides is 1. The molecule has 1 amide bonds. The largest absolute Gasteiger partial charge is 0.370 e. The number of primary amides is 1. The number of nitrogens with two attached hydrogens (primary N) is 1. The summed E-state index contributed by atoms with van der Waals surface area (Å²) in [5.41, 5.74) is 4.91. The third-order valence-electron chi connectivity index (χ3n) is 1.07. The summed E-state index contributed by atoms with van der Waals surface area (Å²) in [6.45, 7) is 1.90. The molecular weight excluding hydrogens is 116 g/mol. The van der Waals surface area contributed by atoms with Crippen LogP contribution < -0.4 is 5.73 Å². The smallest absolute Gasteiger partial charge is 0.217 e. The molecule has 0 radical (unpaired) electrons. The van der Waals surface area contributed by atoms with E-state index < -0.39 is 0 Å². The third-order valence-corrected chi connectivity index (χ3v) is 1.07. The Morgan fingerprint density at radius 3 is 2.78 bits per heavy atom. The van der Waals surface area contributed by atoms with Crippen LogP contribution in [0.5, 0.6) is 0 Å². The topological polar surface area (TPSA) is 66.9 Å². The molecule has 52 valence electrons. The van der Waals surface area contributed by atoms with Gasteiger partial charge in [0.05, 0.1) is 0 Å². The fourth-order valence-electron chi connectivity index (χ4n) is 0.628. The van der Waals surface area contributed by atoms with Gasteiger partial charge in [0.1, 0.15) is 0 Å². The summed E-state index contributed by atoms with van der Waals surface area (Å²) < 4.78 is 0. The lowest BCUT2D eigenvalue weighted by atomic mass is 10.1. The zero-order valence-corrected chi connectivity index (χ0v) is 5.55. The fraction of sp³-hybridized carbons (Fsp3) is 0.667. The summed E-state index contributed by atoms with van der Waals surface area (Å²) in [6.07, 6.45) is 2.33. The molecule has 0 aromatic carbocycles. The first-order valence-electron chi connectivity index (χ1n) is 2.94. The van der Waals surface area contributed by atoms with Gasteiger partial charge in [0.25, 0.3) is 0 Å². The first-order valence-corrected chi connectivity index (χ1v) is 2.94. The predicted molar refractivity (Wildman–Crippen MR) is 36.4 cm³/mol. The normalized spacial score (nSPS) is 12.6. The van der Waals surface area contributed by atoms with E-state index in [-0.39, 0.29) is 11.8 Å². The van der Waals surface area contributed by atoms with E-state index in [0.717, 1.165) is 0 Å². The fourth-order valence-corrected chi connectivity index (χ4v) is 0.628. The van der Waals surface area contributed by atoms with Crippen molar-refractivity contribution < 1.29 is 4.79 Å². The van der Waals surface area contributed by atoms with Crippen molar-refractivity contribution in [3.63, 3.8) is 0 Å². The number of nitrogens with one attached hydrogen (secondary N) is 1. The van der Waals surface area contributed by atoms with E-state index in [4.69, 9.17) is 11.1 Å². The standard InChI is InChI=1S/C6H12N2O/c1-5(2-3-7)4-6(8)9/h3,5,7H,2,4H2,1H3,(H2,8,9)/t5-/m1/s1. The van der Waals surface area contributed by atoms with E-state index >= 15 is 0 Å². The summed E-state index contributed by atoms with van der Waals surface area (Å²) >= 11 is 0. The van der Waals surface area contributed by atoms with Gasteiger partial charge in [0.15, 0.2) is 0 Å². The molecule has 0 fully saturated rings.